The molecule has 0 N–H and O–H groups in total. The highest BCUT2D eigenvalue weighted by atomic mass is 32.2. The molecule has 0 heterocycles. The van der Waals surface area contributed by atoms with Crippen LogP contribution in [0.15, 0.2) is 36.0 Å². The molecule has 9 heteroatoms. The van der Waals surface area contributed by atoms with E-state index in [0.717, 1.165) is 0 Å². The first kappa shape index (κ1) is 24.2. The van der Waals surface area contributed by atoms with Gasteiger partial charge in [0.05, 0.1) is 11.7 Å². The number of halogens is 3. The van der Waals surface area contributed by atoms with E-state index in [0.29, 0.717) is 29.6 Å². The molecule has 3 aliphatic rings. The number of hydrogen-bond acceptors (Lipinski definition) is 5. The molecule has 2 saturated carbocycles. The molecule has 0 aliphatic heterocycles. The van der Waals surface area contributed by atoms with Crippen LogP contribution < -0.4 is 0 Å². The van der Waals surface area contributed by atoms with Gasteiger partial charge in [-0.2, -0.15) is 21.6 Å². The number of fused-ring (bicyclic) bond motifs is 2. The molecule has 0 aromatic carbocycles. The predicted molar refractivity (Wildman–Crippen MR) is 109 cm³/mol. The minimum absolute atomic E-state index is 0.0165. The molecule has 2 fully saturated rings. The van der Waals surface area contributed by atoms with Crippen molar-refractivity contribution in [1.29, 1.82) is 0 Å². The maximum Gasteiger partial charge on any atom is 0.523 e. The lowest BCUT2D eigenvalue weighted by Gasteiger charge is -2.46. The molecule has 3 rings (SSSR count). The van der Waals surface area contributed by atoms with Crippen molar-refractivity contribution < 1.29 is 35.3 Å². The second-order valence-corrected chi connectivity index (χ2v) is 11.3. The van der Waals surface area contributed by atoms with Gasteiger partial charge in [0, 0.05) is 24.9 Å². The van der Waals surface area contributed by atoms with Crippen molar-refractivity contribution in [3.05, 3.63) is 36.0 Å². The quantitative estimate of drug-likeness (QED) is 0.321. The fourth-order valence-electron chi connectivity index (χ4n) is 5.73. The van der Waals surface area contributed by atoms with E-state index in [1.807, 2.05) is 6.92 Å². The molecule has 0 saturated heterocycles. The van der Waals surface area contributed by atoms with Crippen molar-refractivity contribution in [2.24, 2.45) is 16.7 Å². The zero-order chi connectivity index (χ0) is 23.6. The van der Waals surface area contributed by atoms with Crippen LogP contribution in [0, 0.1) is 16.7 Å². The summed E-state index contributed by atoms with van der Waals surface area (Å²) in [6, 6.07) is 0. The van der Waals surface area contributed by atoms with Gasteiger partial charge in [0.15, 0.2) is 0 Å². The average Bonchev–Trinajstić information content (AvgIpc) is 2.96. The Kier molecular flexibility index (Phi) is 5.68. The van der Waals surface area contributed by atoms with Gasteiger partial charge in [-0.05, 0) is 56.1 Å². The summed E-state index contributed by atoms with van der Waals surface area (Å²) in [5, 5.41) is 0. The molecule has 174 valence electrons. The van der Waals surface area contributed by atoms with Gasteiger partial charge in [0.2, 0.25) is 0 Å². The lowest BCUT2D eigenvalue weighted by atomic mass is 9.66. The van der Waals surface area contributed by atoms with Crippen molar-refractivity contribution in [2.75, 3.05) is 7.11 Å². The molecule has 31 heavy (non-hydrogen) atoms. The predicted octanol–water partition coefficient (Wildman–Crippen LogP) is 4.85. The van der Waals surface area contributed by atoms with Crippen LogP contribution in [0.2, 0.25) is 0 Å². The standard InChI is InChI=1S/C22H29F3O5S/c1-7-15-14(10-17(26)19(15,3)4)18(29-6)16-8-9-20(5)12-21(16,11-13(20)2)30-31(27,28)22(23,24)25/h7,16,18H,1-2,8-12H2,3-6H3/t16-,18+,20?,21-/m0/s1. The second-order valence-electron chi connectivity index (χ2n) is 9.74. The molecule has 0 radical (unpaired) electrons. The molecular formula is C22H29F3O5S. The highest BCUT2D eigenvalue weighted by Crippen LogP contribution is 2.62. The monoisotopic (exact) mass is 462 g/mol. The number of ketones is 1. The normalized spacial score (nSPS) is 34.4. The number of carbonyl (C=O) groups excluding carboxylic acids is 1. The van der Waals surface area contributed by atoms with Crippen LogP contribution in [0.4, 0.5) is 13.2 Å². The summed E-state index contributed by atoms with van der Waals surface area (Å²) >= 11 is 0. The average molecular weight is 463 g/mol. The lowest BCUT2D eigenvalue weighted by Crippen LogP contribution is -2.51. The number of ether oxygens (including phenoxy) is 1. The van der Waals surface area contributed by atoms with Gasteiger partial charge in [-0.3, -0.25) is 8.98 Å². The molecule has 5 nitrogen and oxygen atoms in total. The molecule has 0 aromatic heterocycles. The molecule has 1 unspecified atom stereocenters. The maximum absolute atomic E-state index is 13.2. The highest BCUT2D eigenvalue weighted by molar-refractivity contribution is 7.87. The third-order valence-corrected chi connectivity index (χ3v) is 8.65. The Hall–Kier alpha value is -1.45. The summed E-state index contributed by atoms with van der Waals surface area (Å²) in [5.41, 5.74) is -6.53. The van der Waals surface area contributed by atoms with Crippen molar-refractivity contribution in [2.45, 2.75) is 70.1 Å². The van der Waals surface area contributed by atoms with Crippen molar-refractivity contribution in [3.8, 4) is 0 Å². The van der Waals surface area contributed by atoms with Crippen LogP contribution in [0.3, 0.4) is 0 Å². The van der Waals surface area contributed by atoms with Crippen molar-refractivity contribution >= 4 is 15.9 Å². The zero-order valence-electron chi connectivity index (χ0n) is 18.3. The summed E-state index contributed by atoms with van der Waals surface area (Å²) in [7, 11) is -4.43. The summed E-state index contributed by atoms with van der Waals surface area (Å²) in [4.78, 5) is 12.6. The zero-order valence-corrected chi connectivity index (χ0v) is 19.1. The van der Waals surface area contributed by atoms with Gasteiger partial charge in [0.1, 0.15) is 5.78 Å². The number of alkyl halides is 3. The van der Waals surface area contributed by atoms with Gasteiger partial charge >= 0.3 is 15.6 Å². The van der Waals surface area contributed by atoms with Crippen LogP contribution in [-0.4, -0.2) is 38.5 Å². The van der Waals surface area contributed by atoms with Crippen molar-refractivity contribution in [3.63, 3.8) is 0 Å². The minimum Gasteiger partial charge on any atom is -0.377 e. The third-order valence-electron chi connectivity index (χ3n) is 7.53. The summed E-state index contributed by atoms with van der Waals surface area (Å²) in [6.45, 7) is 13.2. The lowest BCUT2D eigenvalue weighted by molar-refractivity contribution is -0.124. The second kappa shape index (κ2) is 7.28. The van der Waals surface area contributed by atoms with E-state index in [2.05, 4.69) is 13.2 Å². The molecule has 0 amide bonds. The van der Waals surface area contributed by atoms with E-state index in [1.165, 1.54) is 7.11 Å². The van der Waals surface area contributed by atoms with Gasteiger partial charge in [0.25, 0.3) is 0 Å². The number of rotatable bonds is 6. The number of Topliss-reactive ketones (excluding diaryl/α,β-unsaturated/α-hetero) is 1. The Morgan fingerprint density at radius 2 is 1.87 bits per heavy atom. The Morgan fingerprint density at radius 1 is 1.26 bits per heavy atom. The fourth-order valence-corrected chi connectivity index (χ4v) is 6.50. The van der Waals surface area contributed by atoms with E-state index >= 15 is 0 Å². The number of carbonyl (C=O) groups is 1. The van der Waals surface area contributed by atoms with E-state index in [1.54, 1.807) is 19.9 Å². The van der Waals surface area contributed by atoms with E-state index in [4.69, 9.17) is 8.92 Å². The van der Waals surface area contributed by atoms with E-state index in [9.17, 15) is 26.4 Å². The molecule has 2 bridgehead atoms. The van der Waals surface area contributed by atoms with E-state index < -0.39 is 44.1 Å². The Labute approximate surface area is 181 Å². The van der Waals surface area contributed by atoms with Crippen LogP contribution in [0.25, 0.3) is 0 Å². The van der Waals surface area contributed by atoms with Crippen molar-refractivity contribution in [1.82, 2.24) is 0 Å². The molecule has 4 atom stereocenters. The van der Waals surface area contributed by atoms with Gasteiger partial charge in [-0.15, -0.1) is 0 Å². The Bertz CT molecular complexity index is 962. The largest absolute Gasteiger partial charge is 0.523 e. The Balaban J connectivity index is 2.13. The first-order chi connectivity index (χ1) is 14.0. The van der Waals surface area contributed by atoms with Crippen LogP contribution in [0.5, 0.6) is 0 Å². The highest BCUT2D eigenvalue weighted by Gasteiger charge is 2.64. The van der Waals surface area contributed by atoms with Gasteiger partial charge in [-0.1, -0.05) is 31.7 Å². The first-order valence-electron chi connectivity index (χ1n) is 10.2. The topological polar surface area (TPSA) is 69.7 Å². The summed E-state index contributed by atoms with van der Waals surface area (Å²) in [5.74, 6) is -0.748. The first-order valence-corrected chi connectivity index (χ1v) is 11.6. The minimum atomic E-state index is -5.84. The van der Waals surface area contributed by atoms with E-state index in [-0.39, 0.29) is 25.0 Å². The fraction of sp³-hybridized carbons (Fsp3) is 0.682. The SMILES string of the molecule is C=CC1=C([C@@H](OC)[C@@H]2CCC3(C)C[C@@]2(OS(=O)(=O)C(F)(F)F)CC3=C)CC(=O)C1(C)C. The van der Waals surface area contributed by atoms with Crippen LogP contribution >= 0.6 is 0 Å². The molecule has 3 aliphatic carbocycles. The van der Waals surface area contributed by atoms with Gasteiger partial charge < -0.3 is 4.74 Å². The third kappa shape index (κ3) is 3.62. The van der Waals surface area contributed by atoms with Gasteiger partial charge in [-0.25, -0.2) is 0 Å². The Morgan fingerprint density at radius 3 is 2.39 bits per heavy atom. The molecule has 0 spiro atoms. The summed E-state index contributed by atoms with van der Waals surface area (Å²) < 4.78 is 74.7. The smallest absolute Gasteiger partial charge is 0.377 e. The summed E-state index contributed by atoms with van der Waals surface area (Å²) in [6.07, 6.45) is 1.93. The molecule has 0 aromatic rings. The maximum atomic E-state index is 13.2. The molecular weight excluding hydrogens is 433 g/mol. The number of hydrogen-bond donors (Lipinski definition) is 0. The van der Waals surface area contributed by atoms with Crippen LogP contribution in [-0.2, 0) is 23.8 Å². The number of methoxy groups -OCH3 is 1. The van der Waals surface area contributed by atoms with Crippen LogP contribution in [0.1, 0.15) is 52.9 Å². The number of allylic oxidation sites excluding steroid dienone is 2.